The molecule has 1 aliphatic rings. The highest BCUT2D eigenvalue weighted by atomic mass is 35.5. The first-order valence-corrected chi connectivity index (χ1v) is 7.62. The Bertz CT molecular complexity index is 742. The summed E-state index contributed by atoms with van der Waals surface area (Å²) >= 11 is 0. The maximum atomic E-state index is 12.8. The number of nitrogens with zero attached hydrogens (tertiary/aromatic N) is 4. The normalized spacial score (nSPS) is 13.7. The van der Waals surface area contributed by atoms with E-state index in [4.69, 9.17) is 0 Å². The fourth-order valence-electron chi connectivity index (χ4n) is 2.64. The molecule has 0 unspecified atom stereocenters. The minimum atomic E-state index is -4.49. The summed E-state index contributed by atoms with van der Waals surface area (Å²) in [5, 5.41) is 6.33. The molecule has 0 aliphatic carbocycles. The molecular formula is C15H19Cl2F3N6. The summed E-state index contributed by atoms with van der Waals surface area (Å²) in [7, 11) is 0. The number of halogens is 5. The maximum absolute atomic E-state index is 12.8. The minimum Gasteiger partial charge on any atom is -0.362 e. The molecule has 3 heterocycles. The summed E-state index contributed by atoms with van der Waals surface area (Å²) in [5.41, 5.74) is 1.29. The van der Waals surface area contributed by atoms with Crippen molar-refractivity contribution in [3.8, 4) is 0 Å². The molecule has 2 aromatic rings. The van der Waals surface area contributed by atoms with Crippen LogP contribution >= 0.6 is 24.8 Å². The third-order valence-electron chi connectivity index (χ3n) is 3.73. The summed E-state index contributed by atoms with van der Waals surface area (Å²) in [4.78, 5) is 16.2. The predicted molar refractivity (Wildman–Crippen MR) is 95.9 cm³/mol. The van der Waals surface area contributed by atoms with E-state index in [9.17, 15) is 13.2 Å². The van der Waals surface area contributed by atoms with Gasteiger partial charge in [0.05, 0.1) is 12.2 Å². The quantitative estimate of drug-likeness (QED) is 0.809. The first kappa shape index (κ1) is 22.3. The van der Waals surface area contributed by atoms with Crippen LogP contribution in [0.4, 0.5) is 19.0 Å². The lowest BCUT2D eigenvalue weighted by Crippen LogP contribution is -2.16. The average Bonchev–Trinajstić information content (AvgIpc) is 2.77. The van der Waals surface area contributed by atoms with E-state index in [0.29, 0.717) is 5.82 Å². The lowest BCUT2D eigenvalue weighted by molar-refractivity contribution is -0.141. The SMILES string of the molecule is Cc1cc(C(F)(F)F)nc(CNc2ncnc3c2CCNCC3)n1.Cl.Cl. The second-order valence-corrected chi connectivity index (χ2v) is 5.56. The molecular weight excluding hydrogens is 392 g/mol. The summed E-state index contributed by atoms with van der Waals surface area (Å²) in [6.45, 7) is 3.25. The van der Waals surface area contributed by atoms with Gasteiger partial charge in [-0.05, 0) is 26.0 Å². The van der Waals surface area contributed by atoms with Crippen LogP contribution in [0.15, 0.2) is 12.4 Å². The van der Waals surface area contributed by atoms with Gasteiger partial charge in [0.15, 0.2) is 0 Å². The van der Waals surface area contributed by atoms with Gasteiger partial charge in [-0.25, -0.2) is 19.9 Å². The Labute approximate surface area is 161 Å². The van der Waals surface area contributed by atoms with Crippen molar-refractivity contribution in [1.82, 2.24) is 25.3 Å². The van der Waals surface area contributed by atoms with E-state index in [0.717, 1.165) is 43.3 Å². The van der Waals surface area contributed by atoms with Gasteiger partial charge in [-0.15, -0.1) is 24.8 Å². The van der Waals surface area contributed by atoms with Gasteiger partial charge in [0.1, 0.15) is 23.7 Å². The summed E-state index contributed by atoms with van der Waals surface area (Å²) in [6, 6.07) is 0.936. The number of anilines is 1. The molecule has 0 bridgehead atoms. The molecule has 0 saturated carbocycles. The van der Waals surface area contributed by atoms with E-state index in [1.807, 2.05) is 0 Å². The minimum absolute atomic E-state index is 0. The Hall–Kier alpha value is -1.71. The van der Waals surface area contributed by atoms with Crippen LogP contribution in [-0.4, -0.2) is 33.0 Å². The zero-order chi connectivity index (χ0) is 17.2. The molecule has 3 rings (SSSR count). The molecule has 0 saturated heterocycles. The van der Waals surface area contributed by atoms with Gasteiger partial charge < -0.3 is 10.6 Å². The molecule has 0 fully saturated rings. The fraction of sp³-hybridized carbons (Fsp3) is 0.467. The van der Waals surface area contributed by atoms with Crippen LogP contribution < -0.4 is 10.6 Å². The number of alkyl halides is 3. The summed E-state index contributed by atoms with van der Waals surface area (Å²) in [6.07, 6.45) is -1.46. The van der Waals surface area contributed by atoms with Gasteiger partial charge in [0.25, 0.3) is 0 Å². The molecule has 0 radical (unpaired) electrons. The molecule has 11 heteroatoms. The smallest absolute Gasteiger partial charge is 0.362 e. The standard InChI is InChI=1S/C15H17F3N6.2ClH/c1-9-6-12(15(16,17)18)24-13(23-9)7-20-14-10-2-4-19-5-3-11(10)21-8-22-14;;/h6,8,19H,2-5,7H2,1H3,(H,20,21,22);2*1H. The molecule has 0 spiro atoms. The number of fused-ring (bicyclic) bond motifs is 1. The van der Waals surface area contributed by atoms with Gasteiger partial charge in [-0.3, -0.25) is 0 Å². The van der Waals surface area contributed by atoms with Crippen LogP contribution in [0.5, 0.6) is 0 Å². The molecule has 2 aromatic heterocycles. The second kappa shape index (κ2) is 9.29. The maximum Gasteiger partial charge on any atom is 0.433 e. The Morgan fingerprint density at radius 3 is 2.58 bits per heavy atom. The number of hydrogen-bond donors (Lipinski definition) is 2. The molecule has 26 heavy (non-hydrogen) atoms. The van der Waals surface area contributed by atoms with Crippen molar-refractivity contribution in [2.24, 2.45) is 0 Å². The zero-order valence-electron chi connectivity index (χ0n) is 13.9. The second-order valence-electron chi connectivity index (χ2n) is 5.56. The highest BCUT2D eigenvalue weighted by molar-refractivity contribution is 5.85. The highest BCUT2D eigenvalue weighted by Crippen LogP contribution is 2.28. The molecule has 0 aromatic carbocycles. The lowest BCUT2D eigenvalue weighted by atomic mass is 10.1. The first-order chi connectivity index (χ1) is 11.4. The van der Waals surface area contributed by atoms with Crippen molar-refractivity contribution < 1.29 is 13.2 Å². The van der Waals surface area contributed by atoms with E-state index >= 15 is 0 Å². The summed E-state index contributed by atoms with van der Waals surface area (Å²) < 4.78 is 38.5. The average molecular weight is 411 g/mol. The van der Waals surface area contributed by atoms with E-state index in [-0.39, 0.29) is 42.9 Å². The Balaban J connectivity index is 0.00000169. The summed E-state index contributed by atoms with van der Waals surface area (Å²) in [5.74, 6) is 0.712. The van der Waals surface area contributed by atoms with E-state index < -0.39 is 11.9 Å². The van der Waals surface area contributed by atoms with E-state index in [1.165, 1.54) is 13.3 Å². The molecule has 1 aliphatic heterocycles. The van der Waals surface area contributed by atoms with Gasteiger partial charge in [-0.1, -0.05) is 0 Å². The Morgan fingerprint density at radius 1 is 1.12 bits per heavy atom. The first-order valence-electron chi connectivity index (χ1n) is 7.62. The van der Waals surface area contributed by atoms with Gasteiger partial charge in [0.2, 0.25) is 0 Å². The number of hydrogen-bond acceptors (Lipinski definition) is 6. The molecule has 144 valence electrons. The van der Waals surface area contributed by atoms with Crippen molar-refractivity contribution in [2.75, 3.05) is 18.4 Å². The highest BCUT2D eigenvalue weighted by Gasteiger charge is 2.33. The Morgan fingerprint density at radius 2 is 1.85 bits per heavy atom. The van der Waals surface area contributed by atoms with Crippen LogP contribution in [0.3, 0.4) is 0 Å². The van der Waals surface area contributed by atoms with Gasteiger partial charge in [-0.2, -0.15) is 13.2 Å². The largest absolute Gasteiger partial charge is 0.433 e. The number of nitrogens with one attached hydrogen (secondary N) is 2. The van der Waals surface area contributed by atoms with Crippen molar-refractivity contribution >= 4 is 30.6 Å². The number of aromatic nitrogens is 4. The van der Waals surface area contributed by atoms with Crippen LogP contribution in [0.2, 0.25) is 0 Å². The molecule has 0 amide bonds. The monoisotopic (exact) mass is 410 g/mol. The van der Waals surface area contributed by atoms with Crippen molar-refractivity contribution in [2.45, 2.75) is 32.5 Å². The third kappa shape index (κ3) is 5.39. The number of rotatable bonds is 3. The number of aryl methyl sites for hydroxylation is 1. The van der Waals surface area contributed by atoms with Crippen molar-refractivity contribution in [1.29, 1.82) is 0 Å². The third-order valence-corrected chi connectivity index (χ3v) is 3.73. The lowest BCUT2D eigenvalue weighted by Gasteiger charge is -2.13. The fourth-order valence-corrected chi connectivity index (χ4v) is 2.64. The Kier molecular flexibility index (Phi) is 7.98. The topological polar surface area (TPSA) is 75.6 Å². The van der Waals surface area contributed by atoms with E-state index in [1.54, 1.807) is 0 Å². The van der Waals surface area contributed by atoms with Crippen molar-refractivity contribution in [3.63, 3.8) is 0 Å². The molecule has 0 atom stereocenters. The predicted octanol–water partition coefficient (Wildman–Crippen LogP) is 2.74. The van der Waals surface area contributed by atoms with Crippen molar-refractivity contribution in [3.05, 3.63) is 40.9 Å². The van der Waals surface area contributed by atoms with Crippen LogP contribution in [0, 0.1) is 6.92 Å². The van der Waals surface area contributed by atoms with Crippen LogP contribution in [-0.2, 0) is 25.6 Å². The molecule has 2 N–H and O–H groups in total. The van der Waals surface area contributed by atoms with Gasteiger partial charge in [0, 0.05) is 24.2 Å². The zero-order valence-corrected chi connectivity index (χ0v) is 15.6. The van der Waals surface area contributed by atoms with Crippen LogP contribution in [0.1, 0.15) is 28.5 Å². The van der Waals surface area contributed by atoms with Gasteiger partial charge >= 0.3 is 6.18 Å². The molecule has 6 nitrogen and oxygen atoms in total. The van der Waals surface area contributed by atoms with Crippen LogP contribution in [0.25, 0.3) is 0 Å². The van der Waals surface area contributed by atoms with E-state index in [2.05, 4.69) is 30.6 Å².